The molecule has 0 fully saturated rings. The largest absolute Gasteiger partial charge is 0.452 e. The summed E-state index contributed by atoms with van der Waals surface area (Å²) in [4.78, 5) is 23.7. The van der Waals surface area contributed by atoms with E-state index < -0.39 is 12.1 Å². The van der Waals surface area contributed by atoms with Crippen molar-refractivity contribution in [1.82, 2.24) is 5.32 Å². The molecule has 1 rings (SSSR count). The Morgan fingerprint density at radius 1 is 1.19 bits per heavy atom. The first-order valence-electron chi connectivity index (χ1n) is 7.16. The lowest BCUT2D eigenvalue weighted by atomic mass is 10.0. The molecule has 1 N–H and O–H groups in total. The molecule has 0 aromatic heterocycles. The van der Waals surface area contributed by atoms with E-state index >= 15 is 0 Å². The molecule has 0 saturated carbocycles. The number of benzene rings is 1. The Kier molecular flexibility index (Phi) is 5.53. The fraction of sp³-hybridized carbons (Fsp3) is 0.529. The molecule has 4 nitrogen and oxygen atoms in total. The van der Waals surface area contributed by atoms with Crippen LogP contribution in [0.25, 0.3) is 0 Å². The summed E-state index contributed by atoms with van der Waals surface area (Å²) in [5.41, 5.74) is 2.88. The summed E-state index contributed by atoms with van der Waals surface area (Å²) in [7, 11) is 0. The van der Waals surface area contributed by atoms with Gasteiger partial charge in [-0.2, -0.15) is 0 Å². The van der Waals surface area contributed by atoms with Crippen molar-refractivity contribution < 1.29 is 14.3 Å². The Hall–Kier alpha value is -1.84. The Morgan fingerprint density at radius 3 is 2.33 bits per heavy atom. The monoisotopic (exact) mass is 291 g/mol. The molecule has 0 spiro atoms. The third-order valence-corrected chi connectivity index (χ3v) is 3.10. The molecule has 4 heteroatoms. The third-order valence-electron chi connectivity index (χ3n) is 3.10. The number of aryl methyl sites for hydroxylation is 2. The van der Waals surface area contributed by atoms with Gasteiger partial charge >= 0.3 is 5.97 Å². The van der Waals surface area contributed by atoms with Crippen molar-refractivity contribution in [3.05, 3.63) is 34.9 Å². The lowest BCUT2D eigenvalue weighted by molar-refractivity contribution is -0.154. The van der Waals surface area contributed by atoms with Gasteiger partial charge in [-0.25, -0.2) is 0 Å². The van der Waals surface area contributed by atoms with Crippen LogP contribution in [-0.4, -0.2) is 23.5 Å². The zero-order chi connectivity index (χ0) is 16.2. The molecule has 0 aliphatic rings. The van der Waals surface area contributed by atoms with Crippen molar-refractivity contribution in [3.8, 4) is 0 Å². The van der Waals surface area contributed by atoms with Gasteiger partial charge in [0.1, 0.15) is 0 Å². The summed E-state index contributed by atoms with van der Waals surface area (Å²) >= 11 is 0. The summed E-state index contributed by atoms with van der Waals surface area (Å²) in [6.07, 6.45) is -0.614. The van der Waals surface area contributed by atoms with Gasteiger partial charge in [0.15, 0.2) is 6.10 Å². The van der Waals surface area contributed by atoms with E-state index in [1.54, 1.807) is 6.92 Å². The van der Waals surface area contributed by atoms with Crippen LogP contribution in [0.3, 0.4) is 0 Å². The molecule has 1 aromatic carbocycles. The minimum absolute atomic E-state index is 0.175. The van der Waals surface area contributed by atoms with E-state index in [-0.39, 0.29) is 17.9 Å². The number of carbonyl (C=O) groups is 2. The van der Waals surface area contributed by atoms with Crippen molar-refractivity contribution >= 4 is 11.9 Å². The van der Waals surface area contributed by atoms with Crippen LogP contribution in [-0.2, 0) is 20.7 Å². The molecule has 1 atom stereocenters. The summed E-state index contributed by atoms with van der Waals surface area (Å²) in [6.45, 7) is 11.3. The average molecular weight is 291 g/mol. The van der Waals surface area contributed by atoms with Gasteiger partial charge in [-0.1, -0.05) is 18.2 Å². The number of rotatable bonds is 4. The molecule has 0 saturated heterocycles. The number of ether oxygens (including phenoxy) is 1. The second-order valence-electron chi connectivity index (χ2n) is 6.47. The SMILES string of the molecule is Cc1ccc(CC(=O)OC(C)C(=O)NC(C)(C)C)cc1C. The van der Waals surface area contributed by atoms with Crippen LogP contribution in [0.4, 0.5) is 0 Å². The highest BCUT2D eigenvalue weighted by Crippen LogP contribution is 2.11. The minimum Gasteiger partial charge on any atom is -0.452 e. The summed E-state index contributed by atoms with van der Waals surface area (Å²) < 4.78 is 5.18. The highest BCUT2D eigenvalue weighted by Gasteiger charge is 2.22. The van der Waals surface area contributed by atoms with Crippen molar-refractivity contribution in [2.24, 2.45) is 0 Å². The van der Waals surface area contributed by atoms with E-state index in [0.29, 0.717) is 0 Å². The van der Waals surface area contributed by atoms with Crippen molar-refractivity contribution in [2.45, 2.75) is 59.6 Å². The van der Waals surface area contributed by atoms with Gasteiger partial charge in [0, 0.05) is 5.54 Å². The summed E-state index contributed by atoms with van der Waals surface area (Å²) in [5.74, 6) is -0.675. The maximum Gasteiger partial charge on any atom is 0.311 e. The lowest BCUT2D eigenvalue weighted by Gasteiger charge is -2.23. The molecule has 1 aromatic rings. The van der Waals surface area contributed by atoms with Crippen LogP contribution < -0.4 is 5.32 Å². The normalized spacial score (nSPS) is 12.7. The standard InChI is InChI=1S/C17H25NO3/c1-11-7-8-14(9-12(11)2)10-15(19)21-13(3)16(20)18-17(4,5)6/h7-9,13H,10H2,1-6H3,(H,18,20). The van der Waals surface area contributed by atoms with Crippen LogP contribution in [0.5, 0.6) is 0 Å². The molecule has 0 heterocycles. The van der Waals surface area contributed by atoms with Gasteiger partial charge in [-0.3, -0.25) is 9.59 Å². The first kappa shape index (κ1) is 17.2. The van der Waals surface area contributed by atoms with Crippen LogP contribution >= 0.6 is 0 Å². The highest BCUT2D eigenvalue weighted by molar-refractivity contribution is 5.84. The third kappa shape index (κ3) is 5.98. The van der Waals surface area contributed by atoms with Crippen LogP contribution in [0.2, 0.25) is 0 Å². The summed E-state index contributed by atoms with van der Waals surface area (Å²) in [6, 6.07) is 5.85. The van der Waals surface area contributed by atoms with Gasteiger partial charge in [0.05, 0.1) is 6.42 Å². The second-order valence-corrected chi connectivity index (χ2v) is 6.47. The fourth-order valence-corrected chi connectivity index (χ4v) is 1.84. The zero-order valence-corrected chi connectivity index (χ0v) is 13.7. The molecule has 1 amide bonds. The van der Waals surface area contributed by atoms with E-state index in [4.69, 9.17) is 4.74 Å². The molecular formula is C17H25NO3. The maximum atomic E-state index is 11.9. The molecular weight excluding hydrogens is 266 g/mol. The average Bonchev–Trinajstić information content (AvgIpc) is 2.31. The molecule has 0 radical (unpaired) electrons. The second kappa shape index (κ2) is 6.74. The maximum absolute atomic E-state index is 11.9. The van der Waals surface area contributed by atoms with Gasteiger partial charge < -0.3 is 10.1 Å². The predicted octanol–water partition coefficient (Wildman–Crippen LogP) is 2.69. The van der Waals surface area contributed by atoms with Crippen LogP contribution in [0.15, 0.2) is 18.2 Å². The Bertz CT molecular complexity index is 529. The Labute approximate surface area is 126 Å². The van der Waals surface area contributed by atoms with E-state index in [0.717, 1.165) is 11.1 Å². The van der Waals surface area contributed by atoms with E-state index in [1.807, 2.05) is 52.8 Å². The smallest absolute Gasteiger partial charge is 0.311 e. The number of carbonyl (C=O) groups excluding carboxylic acids is 2. The van der Waals surface area contributed by atoms with Gasteiger partial charge in [-0.05, 0) is 58.2 Å². The minimum atomic E-state index is -0.789. The van der Waals surface area contributed by atoms with E-state index in [9.17, 15) is 9.59 Å². The summed E-state index contributed by atoms with van der Waals surface area (Å²) in [5, 5.41) is 2.79. The van der Waals surface area contributed by atoms with Crippen LogP contribution in [0.1, 0.15) is 44.4 Å². The molecule has 0 aliphatic heterocycles. The van der Waals surface area contributed by atoms with Gasteiger partial charge in [-0.15, -0.1) is 0 Å². The topological polar surface area (TPSA) is 55.4 Å². The molecule has 1 unspecified atom stereocenters. The zero-order valence-electron chi connectivity index (χ0n) is 13.7. The number of hydrogen-bond donors (Lipinski definition) is 1. The number of hydrogen-bond acceptors (Lipinski definition) is 3. The van der Waals surface area contributed by atoms with Crippen LogP contribution in [0, 0.1) is 13.8 Å². The quantitative estimate of drug-likeness (QED) is 0.868. The molecule has 0 bridgehead atoms. The number of nitrogens with one attached hydrogen (secondary N) is 1. The molecule has 21 heavy (non-hydrogen) atoms. The fourth-order valence-electron chi connectivity index (χ4n) is 1.84. The Morgan fingerprint density at radius 2 is 1.81 bits per heavy atom. The van der Waals surface area contributed by atoms with Gasteiger partial charge in [0.2, 0.25) is 0 Å². The molecule has 0 aliphatic carbocycles. The first-order chi connectivity index (χ1) is 9.58. The van der Waals surface area contributed by atoms with Crippen molar-refractivity contribution in [1.29, 1.82) is 0 Å². The van der Waals surface area contributed by atoms with Crippen molar-refractivity contribution in [3.63, 3.8) is 0 Å². The number of amides is 1. The highest BCUT2D eigenvalue weighted by atomic mass is 16.5. The van der Waals surface area contributed by atoms with Crippen molar-refractivity contribution in [2.75, 3.05) is 0 Å². The molecule has 116 valence electrons. The number of esters is 1. The van der Waals surface area contributed by atoms with E-state index in [2.05, 4.69) is 5.32 Å². The van der Waals surface area contributed by atoms with Gasteiger partial charge in [0.25, 0.3) is 5.91 Å². The first-order valence-corrected chi connectivity index (χ1v) is 7.16. The predicted molar refractivity (Wildman–Crippen MR) is 83.1 cm³/mol. The lowest BCUT2D eigenvalue weighted by Crippen LogP contribution is -2.46. The Balaban J connectivity index is 2.57. The van der Waals surface area contributed by atoms with E-state index in [1.165, 1.54) is 5.56 Å².